The Morgan fingerprint density at radius 2 is 1.97 bits per heavy atom. The number of carbonyl (C=O) groups excluding carboxylic acids is 3. The highest BCUT2D eigenvalue weighted by Crippen LogP contribution is 2.28. The summed E-state index contributed by atoms with van der Waals surface area (Å²) in [6, 6.07) is 14.4. The van der Waals surface area contributed by atoms with Gasteiger partial charge in [0.25, 0.3) is 0 Å². The van der Waals surface area contributed by atoms with Gasteiger partial charge in [0, 0.05) is 37.2 Å². The summed E-state index contributed by atoms with van der Waals surface area (Å²) in [5, 5.41) is 13.6. The second kappa shape index (κ2) is 8.55. The van der Waals surface area contributed by atoms with E-state index in [9.17, 15) is 14.4 Å². The predicted molar refractivity (Wildman–Crippen MR) is 120 cm³/mol. The van der Waals surface area contributed by atoms with Crippen LogP contribution >= 0.6 is 0 Å². The van der Waals surface area contributed by atoms with Crippen molar-refractivity contribution >= 4 is 29.2 Å². The van der Waals surface area contributed by atoms with Crippen LogP contribution in [0.2, 0.25) is 0 Å². The summed E-state index contributed by atoms with van der Waals surface area (Å²) in [6.45, 7) is 2.20. The predicted octanol–water partition coefficient (Wildman–Crippen LogP) is 2.09. The van der Waals surface area contributed by atoms with Crippen molar-refractivity contribution in [3.63, 3.8) is 0 Å². The molecular formula is C23H24N6O4. The molecule has 0 radical (unpaired) electrons. The fourth-order valence-electron chi connectivity index (χ4n) is 4.19. The van der Waals surface area contributed by atoms with Gasteiger partial charge in [-0.1, -0.05) is 18.2 Å². The molecule has 0 aliphatic carbocycles. The molecular weight excluding hydrogens is 424 g/mol. The van der Waals surface area contributed by atoms with Gasteiger partial charge in [-0.25, -0.2) is 4.68 Å². The molecule has 0 saturated carbocycles. The minimum absolute atomic E-state index is 0.0598. The number of anilines is 2. The standard InChI is InChI=1S/C23H24N6O4/c1-14-10-20(30)26-23(24-14)29-19(12-17(27-29)18-8-5-9-33-18)25-22(32)15-11-21(31)28(13-15)16-6-3-2-4-7-16/h2-9,12,14-15,23-24H,10-11,13H2,1H3,(H,25,32)(H,26,30). The lowest BCUT2D eigenvalue weighted by Gasteiger charge is -2.30. The molecule has 2 fully saturated rings. The molecule has 1 aromatic carbocycles. The van der Waals surface area contributed by atoms with Gasteiger partial charge in [0.1, 0.15) is 11.5 Å². The lowest BCUT2D eigenvalue weighted by molar-refractivity contribution is -0.125. The lowest BCUT2D eigenvalue weighted by Crippen LogP contribution is -2.52. The Morgan fingerprint density at radius 1 is 1.15 bits per heavy atom. The lowest BCUT2D eigenvalue weighted by atomic mass is 10.1. The summed E-state index contributed by atoms with van der Waals surface area (Å²) in [5.74, 6) is -0.0839. The first-order chi connectivity index (χ1) is 16.0. The van der Waals surface area contributed by atoms with Gasteiger partial charge < -0.3 is 20.0 Å². The SMILES string of the molecule is CC1CC(=O)NC(n2nc(-c3ccco3)cc2NC(=O)C2CC(=O)N(c3ccccc3)C2)N1. The van der Waals surface area contributed by atoms with Crippen molar-refractivity contribution in [1.82, 2.24) is 20.4 Å². The number of carbonyl (C=O) groups is 3. The first kappa shape index (κ1) is 21.0. The van der Waals surface area contributed by atoms with Gasteiger partial charge in [-0.3, -0.25) is 19.7 Å². The number of nitrogens with one attached hydrogen (secondary N) is 3. The second-order valence-electron chi connectivity index (χ2n) is 8.31. The van der Waals surface area contributed by atoms with Crippen LogP contribution in [0.4, 0.5) is 11.5 Å². The number of amides is 3. The normalized spacial score (nSPS) is 22.9. The van der Waals surface area contributed by atoms with E-state index in [4.69, 9.17) is 4.42 Å². The number of furan rings is 1. The topological polar surface area (TPSA) is 121 Å². The van der Waals surface area contributed by atoms with Crippen LogP contribution in [0.5, 0.6) is 0 Å². The van der Waals surface area contributed by atoms with Gasteiger partial charge in [-0.15, -0.1) is 0 Å². The summed E-state index contributed by atoms with van der Waals surface area (Å²) in [5.41, 5.74) is 1.28. The number of rotatable bonds is 5. The Morgan fingerprint density at radius 3 is 2.70 bits per heavy atom. The largest absolute Gasteiger partial charge is 0.463 e. The molecule has 10 heteroatoms. The number of hydrogen-bond donors (Lipinski definition) is 3. The highest BCUT2D eigenvalue weighted by atomic mass is 16.3. The molecule has 4 heterocycles. The van der Waals surface area contributed by atoms with Gasteiger partial charge in [0.05, 0.1) is 12.2 Å². The average Bonchev–Trinajstić information content (AvgIpc) is 3.53. The molecule has 10 nitrogen and oxygen atoms in total. The van der Waals surface area contributed by atoms with E-state index in [0.29, 0.717) is 30.2 Å². The minimum atomic E-state index is -0.633. The molecule has 3 unspecified atom stereocenters. The molecule has 2 aromatic heterocycles. The highest BCUT2D eigenvalue weighted by Gasteiger charge is 2.36. The Bertz CT molecular complexity index is 1170. The van der Waals surface area contributed by atoms with Crippen molar-refractivity contribution in [2.24, 2.45) is 5.92 Å². The van der Waals surface area contributed by atoms with Crippen molar-refractivity contribution in [2.45, 2.75) is 32.1 Å². The summed E-state index contributed by atoms with van der Waals surface area (Å²) in [4.78, 5) is 39.4. The molecule has 3 amide bonds. The van der Waals surface area contributed by atoms with Gasteiger partial charge in [-0.05, 0) is 31.2 Å². The van der Waals surface area contributed by atoms with Crippen LogP contribution in [0.1, 0.15) is 26.1 Å². The van der Waals surface area contributed by atoms with E-state index in [0.717, 1.165) is 5.69 Å². The molecule has 3 N–H and O–H groups in total. The van der Waals surface area contributed by atoms with Crippen LogP contribution in [0.3, 0.4) is 0 Å². The van der Waals surface area contributed by atoms with Crippen molar-refractivity contribution in [3.05, 3.63) is 54.8 Å². The molecule has 0 spiro atoms. The van der Waals surface area contributed by atoms with Crippen molar-refractivity contribution in [3.8, 4) is 11.5 Å². The van der Waals surface area contributed by atoms with E-state index in [2.05, 4.69) is 21.0 Å². The van der Waals surface area contributed by atoms with Crippen LogP contribution in [-0.4, -0.2) is 40.1 Å². The molecule has 3 atom stereocenters. The zero-order valence-corrected chi connectivity index (χ0v) is 18.0. The number of benzene rings is 1. The van der Waals surface area contributed by atoms with Crippen molar-refractivity contribution < 1.29 is 18.8 Å². The Balaban J connectivity index is 1.39. The van der Waals surface area contributed by atoms with Gasteiger partial charge in [0.15, 0.2) is 12.0 Å². The van der Waals surface area contributed by atoms with E-state index in [1.54, 1.807) is 23.1 Å². The van der Waals surface area contributed by atoms with E-state index in [-0.39, 0.29) is 30.2 Å². The van der Waals surface area contributed by atoms with Crippen molar-refractivity contribution in [1.29, 1.82) is 0 Å². The first-order valence-corrected chi connectivity index (χ1v) is 10.8. The first-order valence-electron chi connectivity index (χ1n) is 10.8. The zero-order valence-electron chi connectivity index (χ0n) is 18.0. The highest BCUT2D eigenvalue weighted by molar-refractivity contribution is 6.03. The van der Waals surface area contributed by atoms with Crippen LogP contribution in [0, 0.1) is 5.92 Å². The van der Waals surface area contributed by atoms with E-state index < -0.39 is 12.2 Å². The zero-order chi connectivity index (χ0) is 22.9. The van der Waals surface area contributed by atoms with Crippen LogP contribution in [0.15, 0.2) is 59.2 Å². The summed E-state index contributed by atoms with van der Waals surface area (Å²) >= 11 is 0. The molecule has 5 rings (SSSR count). The number of aromatic nitrogens is 2. The maximum Gasteiger partial charge on any atom is 0.230 e. The quantitative estimate of drug-likeness (QED) is 0.550. The van der Waals surface area contributed by atoms with E-state index in [1.165, 1.54) is 10.9 Å². The molecule has 33 heavy (non-hydrogen) atoms. The smallest absolute Gasteiger partial charge is 0.230 e. The third-order valence-electron chi connectivity index (χ3n) is 5.80. The van der Waals surface area contributed by atoms with Crippen LogP contribution in [-0.2, 0) is 14.4 Å². The maximum absolute atomic E-state index is 13.1. The average molecular weight is 448 g/mol. The van der Waals surface area contributed by atoms with E-state index >= 15 is 0 Å². The maximum atomic E-state index is 13.1. The molecule has 2 aliphatic heterocycles. The van der Waals surface area contributed by atoms with Gasteiger partial charge in [-0.2, -0.15) is 5.10 Å². The summed E-state index contributed by atoms with van der Waals surface area (Å²) < 4.78 is 6.97. The number of hydrogen-bond acceptors (Lipinski definition) is 6. The second-order valence-corrected chi connectivity index (χ2v) is 8.31. The number of nitrogens with zero attached hydrogens (tertiary/aromatic N) is 3. The molecule has 2 aliphatic rings. The summed E-state index contributed by atoms with van der Waals surface area (Å²) in [6.07, 6.45) is 1.38. The third kappa shape index (κ3) is 4.24. The third-order valence-corrected chi connectivity index (χ3v) is 5.80. The number of para-hydroxylation sites is 1. The van der Waals surface area contributed by atoms with Crippen LogP contribution < -0.4 is 20.9 Å². The minimum Gasteiger partial charge on any atom is -0.463 e. The van der Waals surface area contributed by atoms with Gasteiger partial charge in [0.2, 0.25) is 17.7 Å². The Kier molecular flexibility index (Phi) is 5.43. The van der Waals surface area contributed by atoms with Crippen LogP contribution in [0.25, 0.3) is 11.5 Å². The Labute approximate surface area is 189 Å². The van der Waals surface area contributed by atoms with Crippen molar-refractivity contribution in [2.75, 3.05) is 16.8 Å². The molecule has 3 aromatic rings. The Hall–Kier alpha value is -3.92. The molecule has 0 bridgehead atoms. The fourth-order valence-corrected chi connectivity index (χ4v) is 4.19. The fraction of sp³-hybridized carbons (Fsp3) is 0.304. The van der Waals surface area contributed by atoms with Gasteiger partial charge >= 0.3 is 0 Å². The monoisotopic (exact) mass is 448 g/mol. The van der Waals surface area contributed by atoms with E-state index in [1.807, 2.05) is 37.3 Å². The summed E-state index contributed by atoms with van der Waals surface area (Å²) in [7, 11) is 0. The molecule has 2 saturated heterocycles. The molecule has 170 valence electrons.